The summed E-state index contributed by atoms with van der Waals surface area (Å²) in [5.41, 5.74) is 20.8. The topological polar surface area (TPSA) is 256 Å². The van der Waals surface area contributed by atoms with Gasteiger partial charge in [-0.1, -0.05) is 12.8 Å². The fourth-order valence-corrected chi connectivity index (χ4v) is 1.26. The Morgan fingerprint density at radius 3 is 1.15 bits per heavy atom. The molecule has 0 fully saturated rings. The summed E-state index contributed by atoms with van der Waals surface area (Å²) < 4.78 is 8.88. The van der Waals surface area contributed by atoms with E-state index in [2.05, 4.69) is 0 Å². The Hall–Kier alpha value is -0.344. The summed E-state index contributed by atoms with van der Waals surface area (Å²) in [6, 6.07) is -1.43. The molecule has 2 atom stereocenters. The normalized spacial score (nSPS) is 12.3. The lowest BCUT2D eigenvalue weighted by atomic mass is 10.1. The lowest BCUT2D eigenvalue weighted by Gasteiger charge is -2.03. The molecule has 0 aliphatic carbocycles. The number of phosphoric acid groups is 1. The van der Waals surface area contributed by atoms with E-state index in [1.807, 2.05) is 0 Å². The molecule has 0 rings (SSSR count). The monoisotopic (exact) mass is 416 g/mol. The maximum absolute atomic E-state index is 10.1. The number of hydrogen-bond donors (Lipinski definition) is 9. The van der Waals surface area contributed by atoms with E-state index in [0.717, 1.165) is 25.7 Å². The van der Waals surface area contributed by atoms with Gasteiger partial charge in [-0.25, -0.2) is 4.57 Å². The molecule has 0 aliphatic heterocycles. The number of rotatable bonds is 10. The van der Waals surface area contributed by atoms with E-state index in [4.69, 9.17) is 52.4 Å². The van der Waals surface area contributed by atoms with E-state index < -0.39 is 31.8 Å². The van der Waals surface area contributed by atoms with Crippen LogP contribution in [-0.4, -0.2) is 85.1 Å². The molecule has 0 heterocycles. The summed E-state index contributed by atoms with van der Waals surface area (Å²) in [4.78, 5) is 41.8. The minimum Gasteiger partial charge on any atom is -0.480 e. The maximum atomic E-state index is 10.1. The van der Waals surface area contributed by atoms with Crippen molar-refractivity contribution in [1.82, 2.24) is 0 Å². The fraction of sp³-hybridized carbons (Fsp3) is 0.833. The smallest absolute Gasteiger partial charge is 0.466 e. The van der Waals surface area contributed by atoms with Gasteiger partial charge in [0.2, 0.25) is 0 Å². The van der Waals surface area contributed by atoms with Crippen molar-refractivity contribution in [1.29, 1.82) is 0 Å². The number of aliphatic carboxylic acids is 2. The Kier molecular flexibility index (Phi) is 26.8. The minimum absolute atomic E-state index is 0. The van der Waals surface area contributed by atoms with E-state index in [0.29, 0.717) is 25.9 Å². The number of carboxylic acids is 2. The Morgan fingerprint density at radius 2 is 1.00 bits per heavy atom. The van der Waals surface area contributed by atoms with Crippen molar-refractivity contribution in [2.24, 2.45) is 22.9 Å². The van der Waals surface area contributed by atoms with Crippen LogP contribution < -0.4 is 22.9 Å². The predicted octanol–water partition coefficient (Wildman–Crippen LogP) is -2.79. The van der Waals surface area contributed by atoms with Gasteiger partial charge < -0.3 is 47.8 Å². The summed E-state index contributed by atoms with van der Waals surface area (Å²) in [6.45, 7) is 1.21. The molecule has 0 saturated heterocycles. The molecule has 13 N–H and O–H groups in total. The first kappa shape index (κ1) is 33.3. The molecular formula is C12H33MgN4O8P. The molecule has 0 spiro atoms. The molecule has 26 heavy (non-hydrogen) atoms. The zero-order chi connectivity index (χ0) is 20.5. The van der Waals surface area contributed by atoms with E-state index in [9.17, 15) is 9.59 Å². The molecule has 0 amide bonds. The van der Waals surface area contributed by atoms with Crippen LogP contribution in [-0.2, 0) is 14.2 Å². The molecule has 0 unspecified atom stereocenters. The van der Waals surface area contributed by atoms with Gasteiger partial charge >= 0.3 is 42.8 Å². The van der Waals surface area contributed by atoms with Crippen molar-refractivity contribution in [2.75, 3.05) is 13.1 Å². The first-order valence-corrected chi connectivity index (χ1v) is 9.08. The molecule has 0 aromatic carbocycles. The lowest BCUT2D eigenvalue weighted by molar-refractivity contribution is -0.139. The highest BCUT2D eigenvalue weighted by Gasteiger charge is 2.09. The van der Waals surface area contributed by atoms with Gasteiger partial charge in [0, 0.05) is 0 Å². The second-order valence-electron chi connectivity index (χ2n) is 4.97. The minimum atomic E-state index is -4.64. The Balaban J connectivity index is -0.000000145. The van der Waals surface area contributed by atoms with Gasteiger partial charge in [0.1, 0.15) is 12.1 Å². The molecule has 0 aromatic rings. The highest BCUT2D eigenvalue weighted by Crippen LogP contribution is 2.25. The molecular weight excluding hydrogens is 383 g/mol. The van der Waals surface area contributed by atoms with Crippen LogP contribution in [0.25, 0.3) is 0 Å². The standard InChI is InChI=1S/2C6H14N2O2.Mg.H3O4P.2H/c2*7-4-2-1-3-5(8)6(9)10;;1-5(2,3)4;;/h2*5H,1-4,7-8H2,(H,9,10);;(H3,1,2,3,4);;/t2*5-;;;;/m00..../s1. The van der Waals surface area contributed by atoms with E-state index >= 15 is 0 Å². The lowest BCUT2D eigenvalue weighted by Crippen LogP contribution is -2.29. The van der Waals surface area contributed by atoms with Gasteiger partial charge in [-0.15, -0.1) is 0 Å². The first-order chi connectivity index (χ1) is 11.4. The van der Waals surface area contributed by atoms with Gasteiger partial charge in [-0.2, -0.15) is 0 Å². The number of carboxylic acid groups (broad SMARTS) is 2. The second-order valence-corrected chi connectivity index (χ2v) is 6.00. The average Bonchev–Trinajstić information content (AvgIpc) is 2.46. The van der Waals surface area contributed by atoms with E-state index in [-0.39, 0.29) is 23.1 Å². The zero-order valence-electron chi connectivity index (χ0n) is 14.0. The van der Waals surface area contributed by atoms with Gasteiger partial charge in [0.15, 0.2) is 0 Å². The molecule has 14 heteroatoms. The van der Waals surface area contributed by atoms with Crippen LogP contribution in [0.5, 0.6) is 0 Å². The van der Waals surface area contributed by atoms with E-state index in [1.165, 1.54) is 0 Å². The van der Waals surface area contributed by atoms with Crippen molar-refractivity contribution >= 4 is 42.8 Å². The summed E-state index contributed by atoms with van der Waals surface area (Å²) in [5, 5.41) is 16.7. The van der Waals surface area contributed by atoms with Gasteiger partial charge in [-0.3, -0.25) is 9.59 Å². The summed E-state index contributed by atoms with van der Waals surface area (Å²) in [5.74, 6) is -1.87. The van der Waals surface area contributed by atoms with Crippen LogP contribution in [0.3, 0.4) is 0 Å². The van der Waals surface area contributed by atoms with Crippen LogP contribution in [0.4, 0.5) is 0 Å². The third-order valence-corrected chi connectivity index (χ3v) is 2.57. The van der Waals surface area contributed by atoms with Gasteiger partial charge in [-0.05, 0) is 38.8 Å². The summed E-state index contributed by atoms with van der Waals surface area (Å²) >= 11 is 0. The molecule has 0 aromatic heterocycles. The molecule has 0 radical (unpaired) electrons. The summed E-state index contributed by atoms with van der Waals surface area (Å²) in [7, 11) is -4.64. The van der Waals surface area contributed by atoms with Crippen LogP contribution >= 0.6 is 7.82 Å². The van der Waals surface area contributed by atoms with Crippen molar-refractivity contribution in [3.63, 3.8) is 0 Å². The average molecular weight is 417 g/mol. The largest absolute Gasteiger partial charge is 0.480 e. The van der Waals surface area contributed by atoms with Crippen molar-refractivity contribution in [3.05, 3.63) is 0 Å². The zero-order valence-corrected chi connectivity index (χ0v) is 14.9. The third-order valence-electron chi connectivity index (χ3n) is 2.57. The molecule has 0 bridgehead atoms. The van der Waals surface area contributed by atoms with Crippen molar-refractivity contribution in [2.45, 2.75) is 50.6 Å². The predicted molar refractivity (Wildman–Crippen MR) is 99.8 cm³/mol. The fourth-order valence-electron chi connectivity index (χ4n) is 1.26. The highest BCUT2D eigenvalue weighted by atomic mass is 31.2. The van der Waals surface area contributed by atoms with E-state index in [1.54, 1.807) is 0 Å². The third kappa shape index (κ3) is 39.0. The SMILES string of the molecule is NCCCC[C@H](N)C(=O)O.NCCCC[C@H](N)C(=O)O.O=P(O)(O)O.[MgH2]. The quantitative estimate of drug-likeness (QED) is 0.0993. The molecule has 0 saturated carbocycles. The van der Waals surface area contributed by atoms with Crippen LogP contribution in [0.1, 0.15) is 38.5 Å². The summed E-state index contributed by atoms with van der Waals surface area (Å²) in [6.07, 6.45) is 4.33. The maximum Gasteiger partial charge on any atom is 0.466 e. The van der Waals surface area contributed by atoms with Crippen molar-refractivity contribution in [3.8, 4) is 0 Å². The number of unbranched alkanes of at least 4 members (excludes halogenated alkanes) is 2. The number of nitrogens with two attached hydrogens (primary N) is 4. The van der Waals surface area contributed by atoms with Gasteiger partial charge in [0.25, 0.3) is 0 Å². The Morgan fingerprint density at radius 1 is 0.769 bits per heavy atom. The van der Waals surface area contributed by atoms with Crippen LogP contribution in [0, 0.1) is 0 Å². The highest BCUT2D eigenvalue weighted by molar-refractivity contribution is 7.45. The molecule has 156 valence electrons. The second kappa shape index (κ2) is 21.0. The number of hydrogen-bond acceptors (Lipinski definition) is 7. The Bertz CT molecular complexity index is 365. The Labute approximate surface area is 168 Å². The first-order valence-electron chi connectivity index (χ1n) is 7.52. The number of carbonyl (C=O) groups is 2. The molecule has 0 aliphatic rings. The van der Waals surface area contributed by atoms with Crippen LogP contribution in [0.2, 0.25) is 0 Å². The molecule has 12 nitrogen and oxygen atoms in total. The van der Waals surface area contributed by atoms with Gasteiger partial charge in [0.05, 0.1) is 0 Å². The van der Waals surface area contributed by atoms with Crippen molar-refractivity contribution < 1.29 is 39.0 Å². The van der Waals surface area contributed by atoms with Crippen LogP contribution in [0.15, 0.2) is 0 Å².